The molecule has 0 fully saturated rings. The number of amides is 1. The summed E-state index contributed by atoms with van der Waals surface area (Å²) in [5.41, 5.74) is 9.74. The van der Waals surface area contributed by atoms with Gasteiger partial charge in [-0.25, -0.2) is 0 Å². The van der Waals surface area contributed by atoms with Crippen LogP contribution in [0.15, 0.2) is 42.5 Å². The van der Waals surface area contributed by atoms with Gasteiger partial charge in [0, 0.05) is 44.4 Å². The zero-order chi connectivity index (χ0) is 18.8. The predicted molar refractivity (Wildman–Crippen MR) is 104 cm³/mol. The van der Waals surface area contributed by atoms with Crippen molar-refractivity contribution in [3.05, 3.63) is 59.2 Å². The summed E-state index contributed by atoms with van der Waals surface area (Å²) in [6.45, 7) is 3.73. The van der Waals surface area contributed by atoms with Crippen LogP contribution in [0.25, 0.3) is 0 Å². The van der Waals surface area contributed by atoms with Crippen molar-refractivity contribution < 1.29 is 14.3 Å². The fourth-order valence-corrected chi connectivity index (χ4v) is 2.62. The van der Waals surface area contributed by atoms with Gasteiger partial charge in [0.05, 0.1) is 6.61 Å². The summed E-state index contributed by atoms with van der Waals surface area (Å²) in [4.78, 5) is 12.2. The molecule has 0 aliphatic carbocycles. The van der Waals surface area contributed by atoms with Crippen molar-refractivity contribution in [2.75, 3.05) is 26.1 Å². The lowest BCUT2D eigenvalue weighted by Crippen LogP contribution is -2.23. The Balaban J connectivity index is 1.85. The first-order chi connectivity index (χ1) is 12.6. The summed E-state index contributed by atoms with van der Waals surface area (Å²) in [6, 6.07) is 13.7. The van der Waals surface area contributed by atoms with Crippen LogP contribution < -0.4 is 15.8 Å². The third-order valence-electron chi connectivity index (χ3n) is 4.13. The number of rotatable bonds is 10. The van der Waals surface area contributed by atoms with Crippen LogP contribution in [0.4, 0.5) is 5.69 Å². The van der Waals surface area contributed by atoms with E-state index in [1.807, 2.05) is 49.4 Å². The monoisotopic (exact) mass is 356 g/mol. The van der Waals surface area contributed by atoms with Crippen molar-refractivity contribution in [3.63, 3.8) is 0 Å². The molecule has 0 saturated carbocycles. The van der Waals surface area contributed by atoms with Gasteiger partial charge in [0.1, 0.15) is 5.75 Å². The second kappa shape index (κ2) is 10.5. The number of benzene rings is 2. The van der Waals surface area contributed by atoms with Gasteiger partial charge in [0.25, 0.3) is 0 Å². The van der Waals surface area contributed by atoms with Crippen LogP contribution in [0.1, 0.15) is 29.5 Å². The molecule has 0 radical (unpaired) electrons. The highest BCUT2D eigenvalue weighted by Crippen LogP contribution is 2.21. The molecule has 1 amide bonds. The Labute approximate surface area is 155 Å². The van der Waals surface area contributed by atoms with Crippen LogP contribution in [0.2, 0.25) is 0 Å². The number of para-hydroxylation sites is 1. The van der Waals surface area contributed by atoms with Gasteiger partial charge in [0.2, 0.25) is 5.91 Å². The summed E-state index contributed by atoms with van der Waals surface area (Å²) in [5.74, 6) is 0.813. The maximum atomic E-state index is 12.2. The molecule has 2 rings (SSSR count). The van der Waals surface area contributed by atoms with Crippen molar-refractivity contribution in [1.29, 1.82) is 0 Å². The number of carbonyl (C=O) groups is 1. The van der Waals surface area contributed by atoms with Gasteiger partial charge in [0.15, 0.2) is 0 Å². The molecule has 0 aliphatic heterocycles. The van der Waals surface area contributed by atoms with E-state index < -0.39 is 0 Å². The largest absolute Gasteiger partial charge is 0.493 e. The Kier molecular flexibility index (Phi) is 7.96. The highest BCUT2D eigenvalue weighted by Gasteiger charge is 2.08. The zero-order valence-corrected chi connectivity index (χ0v) is 15.6. The Hall–Kier alpha value is -2.53. The Bertz CT molecular complexity index is 716. The molecular formula is C21H28N2O3. The van der Waals surface area contributed by atoms with Crippen LogP contribution in [0, 0.1) is 6.92 Å². The Morgan fingerprint density at radius 1 is 1.12 bits per heavy atom. The van der Waals surface area contributed by atoms with Crippen molar-refractivity contribution in [2.45, 2.75) is 32.7 Å². The fourth-order valence-electron chi connectivity index (χ4n) is 2.62. The minimum absolute atomic E-state index is 0.000777. The number of nitrogens with two attached hydrogens (primary N) is 1. The van der Waals surface area contributed by atoms with E-state index in [1.54, 1.807) is 7.11 Å². The maximum Gasteiger partial charge on any atom is 0.220 e. The molecule has 0 aliphatic rings. The molecule has 0 unspecified atom stereocenters. The van der Waals surface area contributed by atoms with E-state index in [1.165, 1.54) is 0 Å². The lowest BCUT2D eigenvalue weighted by Gasteiger charge is -2.13. The summed E-state index contributed by atoms with van der Waals surface area (Å²) < 4.78 is 10.9. The number of ether oxygens (including phenoxy) is 2. The lowest BCUT2D eigenvalue weighted by molar-refractivity contribution is -0.121. The number of carbonyl (C=O) groups excluding carboxylic acids is 1. The van der Waals surface area contributed by atoms with Crippen molar-refractivity contribution in [1.82, 2.24) is 5.32 Å². The van der Waals surface area contributed by atoms with E-state index in [4.69, 9.17) is 15.2 Å². The molecule has 26 heavy (non-hydrogen) atoms. The number of methoxy groups -OCH3 is 1. The van der Waals surface area contributed by atoms with Gasteiger partial charge in [-0.1, -0.05) is 30.3 Å². The molecule has 0 saturated heterocycles. The smallest absolute Gasteiger partial charge is 0.220 e. The fraction of sp³-hybridized carbons (Fsp3) is 0.381. The topological polar surface area (TPSA) is 73.6 Å². The first-order valence-corrected chi connectivity index (χ1v) is 8.91. The van der Waals surface area contributed by atoms with E-state index >= 15 is 0 Å². The number of hydrogen-bond donors (Lipinski definition) is 2. The Morgan fingerprint density at radius 3 is 2.69 bits per heavy atom. The van der Waals surface area contributed by atoms with E-state index in [0.717, 1.165) is 34.5 Å². The van der Waals surface area contributed by atoms with Crippen LogP contribution in [-0.4, -0.2) is 26.2 Å². The SMILES string of the molecule is COCCCOc1cc(C)ccc1CNC(=O)CCc1ccccc1N. The minimum atomic E-state index is -0.000777. The van der Waals surface area contributed by atoms with E-state index in [9.17, 15) is 4.79 Å². The third-order valence-corrected chi connectivity index (χ3v) is 4.13. The molecule has 0 bridgehead atoms. The predicted octanol–water partition coefficient (Wildman–Crippen LogP) is 3.24. The minimum Gasteiger partial charge on any atom is -0.493 e. The number of hydrogen-bond acceptors (Lipinski definition) is 4. The van der Waals surface area contributed by atoms with E-state index in [2.05, 4.69) is 5.32 Å². The zero-order valence-electron chi connectivity index (χ0n) is 15.6. The summed E-state index contributed by atoms with van der Waals surface area (Å²) >= 11 is 0. The second-order valence-electron chi connectivity index (χ2n) is 6.28. The normalized spacial score (nSPS) is 10.5. The lowest BCUT2D eigenvalue weighted by atomic mass is 10.1. The van der Waals surface area contributed by atoms with E-state index in [-0.39, 0.29) is 5.91 Å². The number of aryl methyl sites for hydroxylation is 2. The first-order valence-electron chi connectivity index (χ1n) is 8.91. The van der Waals surface area contributed by atoms with Crippen molar-refractivity contribution >= 4 is 11.6 Å². The van der Waals surface area contributed by atoms with E-state index in [0.29, 0.717) is 32.6 Å². The van der Waals surface area contributed by atoms with Crippen LogP contribution in [0.3, 0.4) is 0 Å². The molecule has 5 heteroatoms. The molecule has 0 heterocycles. The van der Waals surface area contributed by atoms with Crippen LogP contribution in [0.5, 0.6) is 5.75 Å². The third kappa shape index (κ3) is 6.41. The van der Waals surface area contributed by atoms with Gasteiger partial charge >= 0.3 is 0 Å². The quantitative estimate of drug-likeness (QED) is 0.506. The molecular weight excluding hydrogens is 328 g/mol. The molecule has 0 aromatic heterocycles. The van der Waals surface area contributed by atoms with Gasteiger partial charge in [-0.3, -0.25) is 4.79 Å². The highest BCUT2D eigenvalue weighted by atomic mass is 16.5. The number of nitrogens with one attached hydrogen (secondary N) is 1. The first kappa shape index (κ1) is 19.8. The van der Waals surface area contributed by atoms with Gasteiger partial charge in [-0.05, 0) is 36.6 Å². The maximum absolute atomic E-state index is 12.2. The number of nitrogen functional groups attached to an aromatic ring is 1. The van der Waals surface area contributed by atoms with Crippen LogP contribution >= 0.6 is 0 Å². The van der Waals surface area contributed by atoms with Crippen molar-refractivity contribution in [2.24, 2.45) is 0 Å². The molecule has 5 nitrogen and oxygen atoms in total. The number of anilines is 1. The second-order valence-corrected chi connectivity index (χ2v) is 6.28. The summed E-state index contributed by atoms with van der Waals surface area (Å²) in [7, 11) is 1.68. The van der Waals surface area contributed by atoms with Crippen LogP contribution in [-0.2, 0) is 22.5 Å². The standard InChI is InChI=1S/C21H28N2O3/c1-16-8-9-18(20(14-16)26-13-5-12-25-2)15-23-21(24)11-10-17-6-3-4-7-19(17)22/h3-4,6-9,14H,5,10-13,15,22H2,1-2H3,(H,23,24). The van der Waals surface area contributed by atoms with Gasteiger partial charge in [-0.2, -0.15) is 0 Å². The summed E-state index contributed by atoms with van der Waals surface area (Å²) in [5, 5.41) is 2.97. The average molecular weight is 356 g/mol. The Morgan fingerprint density at radius 2 is 1.92 bits per heavy atom. The molecule has 3 N–H and O–H groups in total. The van der Waals surface area contributed by atoms with Gasteiger partial charge < -0.3 is 20.5 Å². The van der Waals surface area contributed by atoms with Crippen molar-refractivity contribution in [3.8, 4) is 5.75 Å². The molecule has 2 aromatic carbocycles. The molecule has 140 valence electrons. The average Bonchev–Trinajstić information content (AvgIpc) is 2.64. The molecule has 2 aromatic rings. The highest BCUT2D eigenvalue weighted by molar-refractivity contribution is 5.76. The molecule has 0 atom stereocenters. The molecule has 0 spiro atoms. The van der Waals surface area contributed by atoms with Gasteiger partial charge in [-0.15, -0.1) is 0 Å². The summed E-state index contributed by atoms with van der Waals surface area (Å²) in [6.07, 6.45) is 1.87.